The van der Waals surface area contributed by atoms with Crippen LogP contribution in [0.15, 0.2) is 66.7 Å². The van der Waals surface area contributed by atoms with Crippen LogP contribution in [0.3, 0.4) is 0 Å². The summed E-state index contributed by atoms with van der Waals surface area (Å²) in [5.41, 5.74) is 3.61. The first-order chi connectivity index (χ1) is 10.7. The normalized spacial score (nSPS) is 20.9. The number of ether oxygens (including phenoxy) is 1. The Morgan fingerprint density at radius 2 is 1.68 bits per heavy atom. The zero-order chi connectivity index (χ0) is 15.6. The average molecular weight is 292 g/mol. The first-order valence-corrected chi connectivity index (χ1v) is 7.61. The van der Waals surface area contributed by atoms with Gasteiger partial charge in [0.05, 0.1) is 7.11 Å². The van der Waals surface area contributed by atoms with Gasteiger partial charge in [0.15, 0.2) is 0 Å². The molecule has 112 valence electrons. The number of hydrogen-bond donors (Lipinski definition) is 0. The van der Waals surface area contributed by atoms with Crippen LogP contribution in [0.5, 0.6) is 0 Å². The summed E-state index contributed by atoms with van der Waals surface area (Å²) in [5.74, 6) is -0.192. The Bertz CT molecular complexity index is 685. The minimum absolute atomic E-state index is 0.192. The number of benzene rings is 2. The van der Waals surface area contributed by atoms with Gasteiger partial charge in [-0.3, -0.25) is 4.79 Å². The van der Waals surface area contributed by atoms with Crippen LogP contribution < -0.4 is 0 Å². The summed E-state index contributed by atoms with van der Waals surface area (Å²) in [6.45, 7) is 4.13. The molecule has 1 atom stereocenters. The fourth-order valence-electron chi connectivity index (χ4n) is 3.42. The molecule has 22 heavy (non-hydrogen) atoms. The molecule has 1 saturated carbocycles. The lowest BCUT2D eigenvalue weighted by Crippen LogP contribution is -2.35. The SMILES string of the molecule is C=C1CCCC1(C(=O)OC)c1ccc(-c2ccccc2)cc1. The van der Waals surface area contributed by atoms with Crippen molar-refractivity contribution in [1.29, 1.82) is 0 Å². The summed E-state index contributed by atoms with van der Waals surface area (Å²) >= 11 is 0. The van der Waals surface area contributed by atoms with Gasteiger partial charge in [0.25, 0.3) is 0 Å². The van der Waals surface area contributed by atoms with Gasteiger partial charge < -0.3 is 4.74 Å². The van der Waals surface area contributed by atoms with E-state index in [4.69, 9.17) is 4.74 Å². The third kappa shape index (κ3) is 2.25. The molecule has 0 radical (unpaired) electrons. The van der Waals surface area contributed by atoms with Gasteiger partial charge in [-0.05, 0) is 36.0 Å². The number of rotatable bonds is 3. The number of carbonyl (C=O) groups excluding carboxylic acids is 1. The van der Waals surface area contributed by atoms with Crippen LogP contribution in [0, 0.1) is 0 Å². The molecule has 2 heteroatoms. The molecule has 2 aromatic rings. The van der Waals surface area contributed by atoms with E-state index in [-0.39, 0.29) is 5.97 Å². The average Bonchev–Trinajstić information content (AvgIpc) is 2.97. The molecule has 0 spiro atoms. The maximum absolute atomic E-state index is 12.4. The number of carbonyl (C=O) groups is 1. The van der Waals surface area contributed by atoms with E-state index in [1.807, 2.05) is 30.3 Å². The van der Waals surface area contributed by atoms with Crippen molar-refractivity contribution in [3.63, 3.8) is 0 Å². The molecule has 0 aromatic heterocycles. The van der Waals surface area contributed by atoms with Gasteiger partial charge in [-0.25, -0.2) is 0 Å². The second-order valence-corrected chi connectivity index (χ2v) is 5.80. The maximum atomic E-state index is 12.4. The lowest BCUT2D eigenvalue weighted by Gasteiger charge is -2.28. The maximum Gasteiger partial charge on any atom is 0.320 e. The molecular formula is C20H20O2. The van der Waals surface area contributed by atoms with Gasteiger partial charge in [-0.2, -0.15) is 0 Å². The molecule has 0 heterocycles. The van der Waals surface area contributed by atoms with Crippen molar-refractivity contribution in [3.8, 4) is 11.1 Å². The van der Waals surface area contributed by atoms with E-state index in [9.17, 15) is 4.79 Å². The molecule has 0 bridgehead atoms. The van der Waals surface area contributed by atoms with E-state index in [0.29, 0.717) is 0 Å². The topological polar surface area (TPSA) is 26.3 Å². The van der Waals surface area contributed by atoms with Gasteiger partial charge in [-0.15, -0.1) is 0 Å². The monoisotopic (exact) mass is 292 g/mol. The van der Waals surface area contributed by atoms with Crippen molar-refractivity contribution >= 4 is 5.97 Å². The van der Waals surface area contributed by atoms with Crippen molar-refractivity contribution in [3.05, 3.63) is 72.3 Å². The highest BCUT2D eigenvalue weighted by atomic mass is 16.5. The predicted molar refractivity (Wildman–Crippen MR) is 88.6 cm³/mol. The molecule has 2 aromatic carbocycles. The van der Waals surface area contributed by atoms with E-state index in [1.54, 1.807) is 0 Å². The molecular weight excluding hydrogens is 272 g/mol. The zero-order valence-corrected chi connectivity index (χ0v) is 12.8. The van der Waals surface area contributed by atoms with Crippen LogP contribution in [-0.4, -0.2) is 13.1 Å². The summed E-state index contributed by atoms with van der Waals surface area (Å²) in [5, 5.41) is 0. The van der Waals surface area contributed by atoms with Crippen LogP contribution in [0.4, 0.5) is 0 Å². The van der Waals surface area contributed by atoms with Crippen LogP contribution in [0.2, 0.25) is 0 Å². The Labute approximate surface area is 131 Å². The molecule has 1 unspecified atom stereocenters. The lowest BCUT2D eigenvalue weighted by atomic mass is 9.76. The molecule has 1 aliphatic rings. The number of methoxy groups -OCH3 is 1. The van der Waals surface area contributed by atoms with Crippen molar-refractivity contribution in [2.75, 3.05) is 7.11 Å². The Morgan fingerprint density at radius 3 is 2.23 bits per heavy atom. The van der Waals surface area contributed by atoms with E-state index in [2.05, 4.69) is 30.8 Å². The van der Waals surface area contributed by atoms with Crippen molar-refractivity contribution < 1.29 is 9.53 Å². The van der Waals surface area contributed by atoms with E-state index in [1.165, 1.54) is 12.7 Å². The first-order valence-electron chi connectivity index (χ1n) is 7.61. The van der Waals surface area contributed by atoms with Gasteiger partial charge in [0.2, 0.25) is 0 Å². The van der Waals surface area contributed by atoms with Gasteiger partial charge in [0, 0.05) is 0 Å². The van der Waals surface area contributed by atoms with Crippen molar-refractivity contribution in [1.82, 2.24) is 0 Å². The highest BCUT2D eigenvalue weighted by molar-refractivity contribution is 5.88. The minimum Gasteiger partial charge on any atom is -0.468 e. The minimum atomic E-state index is -0.663. The Hall–Kier alpha value is -2.35. The fourth-order valence-corrected chi connectivity index (χ4v) is 3.42. The number of esters is 1. The largest absolute Gasteiger partial charge is 0.468 e. The fraction of sp³-hybridized carbons (Fsp3) is 0.250. The quantitative estimate of drug-likeness (QED) is 0.615. The summed E-state index contributed by atoms with van der Waals surface area (Å²) in [4.78, 5) is 12.4. The summed E-state index contributed by atoms with van der Waals surface area (Å²) in [6.07, 6.45) is 2.65. The van der Waals surface area contributed by atoms with Gasteiger partial charge in [0.1, 0.15) is 5.41 Å². The Balaban J connectivity index is 2.01. The molecule has 3 rings (SSSR count). The van der Waals surface area contributed by atoms with Gasteiger partial charge in [-0.1, -0.05) is 66.7 Å². The standard InChI is InChI=1S/C20H20O2/c1-15-7-6-14-20(15,19(21)22-2)18-12-10-17(11-13-18)16-8-4-3-5-9-16/h3-5,8-13H,1,6-7,14H2,2H3. The van der Waals surface area contributed by atoms with Crippen LogP contribution in [-0.2, 0) is 14.9 Å². The van der Waals surface area contributed by atoms with Crippen LogP contribution >= 0.6 is 0 Å². The highest BCUT2D eigenvalue weighted by Gasteiger charge is 2.46. The smallest absolute Gasteiger partial charge is 0.320 e. The third-order valence-electron chi connectivity index (χ3n) is 4.65. The van der Waals surface area contributed by atoms with E-state index >= 15 is 0 Å². The molecule has 2 nitrogen and oxygen atoms in total. The van der Waals surface area contributed by atoms with Crippen LogP contribution in [0.25, 0.3) is 11.1 Å². The van der Waals surface area contributed by atoms with E-state index < -0.39 is 5.41 Å². The zero-order valence-electron chi connectivity index (χ0n) is 12.8. The Morgan fingerprint density at radius 1 is 1.05 bits per heavy atom. The van der Waals surface area contributed by atoms with Crippen molar-refractivity contribution in [2.24, 2.45) is 0 Å². The summed E-state index contributed by atoms with van der Waals surface area (Å²) < 4.78 is 5.08. The second kappa shape index (κ2) is 5.80. The molecule has 0 N–H and O–H groups in total. The molecule has 0 aliphatic heterocycles. The molecule has 1 fully saturated rings. The molecule has 0 saturated heterocycles. The molecule has 1 aliphatic carbocycles. The van der Waals surface area contributed by atoms with Gasteiger partial charge >= 0.3 is 5.97 Å². The first kappa shape index (κ1) is 14.6. The van der Waals surface area contributed by atoms with Crippen molar-refractivity contribution in [2.45, 2.75) is 24.7 Å². The summed E-state index contributed by atoms with van der Waals surface area (Å²) in [6, 6.07) is 18.4. The Kier molecular flexibility index (Phi) is 3.84. The molecule has 0 amide bonds. The number of hydrogen-bond acceptors (Lipinski definition) is 2. The lowest BCUT2D eigenvalue weighted by molar-refractivity contribution is -0.145. The third-order valence-corrected chi connectivity index (χ3v) is 4.65. The van der Waals surface area contributed by atoms with E-state index in [0.717, 1.165) is 36.0 Å². The second-order valence-electron chi connectivity index (χ2n) is 5.80. The summed E-state index contributed by atoms with van der Waals surface area (Å²) in [7, 11) is 1.45. The predicted octanol–water partition coefficient (Wildman–Crippen LogP) is 4.50. The highest BCUT2D eigenvalue weighted by Crippen LogP contribution is 2.45. The van der Waals surface area contributed by atoms with Crippen LogP contribution in [0.1, 0.15) is 24.8 Å².